The molecule has 3 rings (SSSR count). The summed E-state index contributed by atoms with van der Waals surface area (Å²) < 4.78 is 5.93. The number of nitrogens with one attached hydrogen (secondary N) is 1. The Morgan fingerprint density at radius 3 is 2.30 bits per heavy atom. The highest BCUT2D eigenvalue weighted by atomic mass is 16.3. The van der Waals surface area contributed by atoms with E-state index in [1.165, 1.54) is 43.2 Å². The topological polar surface area (TPSA) is 45.5 Å². The van der Waals surface area contributed by atoms with E-state index in [1.807, 2.05) is 24.1 Å². The number of likely N-dealkylation sites (N-methyl/N-ethyl adjacent to an activating group) is 1. The van der Waals surface area contributed by atoms with Gasteiger partial charge in [-0.3, -0.25) is 9.69 Å². The second-order valence-corrected chi connectivity index (χ2v) is 7.63. The molecule has 0 radical (unpaired) electrons. The Labute approximate surface area is 162 Å². The van der Waals surface area contributed by atoms with Crippen molar-refractivity contribution in [3.63, 3.8) is 0 Å². The van der Waals surface area contributed by atoms with E-state index in [0.29, 0.717) is 6.54 Å². The number of carbonyl (C=O) groups excluding carboxylic acids is 1. The lowest BCUT2D eigenvalue weighted by atomic mass is 10.0. The van der Waals surface area contributed by atoms with E-state index in [0.717, 1.165) is 30.8 Å². The summed E-state index contributed by atoms with van der Waals surface area (Å²) in [6.45, 7) is 2.63. The van der Waals surface area contributed by atoms with Gasteiger partial charge in [0.2, 0.25) is 5.91 Å². The highest BCUT2D eigenvalue weighted by Crippen LogP contribution is 2.23. The number of rotatable bonds is 10. The first-order valence-corrected chi connectivity index (χ1v) is 10.3. The Hall–Kier alpha value is -2.07. The zero-order valence-corrected chi connectivity index (χ0v) is 16.7. The maximum atomic E-state index is 11.5. The molecule has 27 heavy (non-hydrogen) atoms. The summed E-state index contributed by atoms with van der Waals surface area (Å²) in [6.07, 6.45) is 9.40. The van der Waals surface area contributed by atoms with E-state index in [4.69, 9.17) is 4.42 Å². The number of amides is 1. The van der Waals surface area contributed by atoms with Gasteiger partial charge in [-0.15, -0.1) is 0 Å². The van der Waals surface area contributed by atoms with E-state index in [2.05, 4.69) is 36.5 Å². The number of unbranched alkanes of at least 4 members (excludes halogenated alkanes) is 4. The van der Waals surface area contributed by atoms with Gasteiger partial charge in [-0.25, -0.2) is 0 Å². The van der Waals surface area contributed by atoms with Crippen LogP contribution in [0.4, 0.5) is 0 Å². The van der Waals surface area contributed by atoms with Crippen LogP contribution in [0.3, 0.4) is 0 Å². The standard InChI is InChI=1S/C23H32N2O2/c1-3-18-11-13-19(14-12-18)9-7-5-4-6-8-10-20-15-16-21(27-20)23-24-22(26)17-25(23)2/h11-16,23H,3-10,17H2,1-2H3,(H,24,26)/t23-/m1/s1. The first-order chi connectivity index (χ1) is 13.2. The third kappa shape index (κ3) is 5.70. The zero-order chi connectivity index (χ0) is 19.1. The second kappa shape index (κ2) is 9.75. The van der Waals surface area contributed by atoms with Gasteiger partial charge < -0.3 is 9.73 Å². The van der Waals surface area contributed by atoms with Crippen molar-refractivity contribution >= 4 is 5.91 Å². The molecular formula is C23H32N2O2. The van der Waals surface area contributed by atoms with E-state index in [1.54, 1.807) is 0 Å². The normalized spacial score (nSPS) is 17.4. The molecule has 2 aromatic rings. The molecule has 0 aliphatic carbocycles. The molecular weight excluding hydrogens is 336 g/mol. The quantitative estimate of drug-likeness (QED) is 0.622. The molecule has 1 fully saturated rings. The minimum Gasteiger partial charge on any atom is -0.462 e. The van der Waals surface area contributed by atoms with E-state index in [9.17, 15) is 4.79 Å². The van der Waals surface area contributed by atoms with Crippen molar-refractivity contribution in [3.8, 4) is 0 Å². The minimum absolute atomic E-state index is 0.0572. The summed E-state index contributed by atoms with van der Waals surface area (Å²) in [5.41, 5.74) is 2.88. The second-order valence-electron chi connectivity index (χ2n) is 7.63. The molecule has 1 aromatic heterocycles. The van der Waals surface area contributed by atoms with E-state index < -0.39 is 0 Å². The van der Waals surface area contributed by atoms with Gasteiger partial charge >= 0.3 is 0 Å². The van der Waals surface area contributed by atoms with Gasteiger partial charge in [-0.05, 0) is 56.0 Å². The van der Waals surface area contributed by atoms with Crippen molar-refractivity contribution in [2.24, 2.45) is 0 Å². The fourth-order valence-electron chi connectivity index (χ4n) is 3.69. The molecule has 4 heteroatoms. The van der Waals surface area contributed by atoms with Crippen LogP contribution in [-0.2, 0) is 24.1 Å². The van der Waals surface area contributed by atoms with Crippen LogP contribution in [0.15, 0.2) is 40.8 Å². The first kappa shape index (κ1) is 19.7. The van der Waals surface area contributed by atoms with E-state index >= 15 is 0 Å². The molecule has 0 unspecified atom stereocenters. The van der Waals surface area contributed by atoms with Crippen LogP contribution in [-0.4, -0.2) is 24.4 Å². The number of nitrogens with zero attached hydrogens (tertiary/aromatic N) is 1. The first-order valence-electron chi connectivity index (χ1n) is 10.3. The van der Waals surface area contributed by atoms with Gasteiger partial charge in [-0.1, -0.05) is 50.5 Å². The SMILES string of the molecule is CCc1ccc(CCCCCCCc2ccc([C@@H]3NC(=O)CN3C)o2)cc1. The lowest BCUT2D eigenvalue weighted by molar-refractivity contribution is -0.118. The molecule has 0 bridgehead atoms. The Bertz CT molecular complexity index is 720. The van der Waals surface area contributed by atoms with Crippen molar-refractivity contribution < 1.29 is 9.21 Å². The molecule has 1 aliphatic heterocycles. The van der Waals surface area contributed by atoms with Gasteiger partial charge in [0, 0.05) is 6.42 Å². The number of benzene rings is 1. The molecule has 2 heterocycles. The average molecular weight is 369 g/mol. The summed E-state index contributed by atoms with van der Waals surface area (Å²) >= 11 is 0. The monoisotopic (exact) mass is 368 g/mol. The fraction of sp³-hybridized carbons (Fsp3) is 0.522. The maximum absolute atomic E-state index is 11.5. The third-order valence-corrected chi connectivity index (χ3v) is 5.40. The number of hydrogen-bond acceptors (Lipinski definition) is 3. The molecule has 1 atom stereocenters. The van der Waals surface area contributed by atoms with E-state index in [-0.39, 0.29) is 12.1 Å². The maximum Gasteiger partial charge on any atom is 0.235 e. The Balaban J connectivity index is 1.29. The largest absolute Gasteiger partial charge is 0.462 e. The lowest BCUT2D eigenvalue weighted by Gasteiger charge is -2.15. The molecule has 1 aromatic carbocycles. The van der Waals surface area contributed by atoms with Crippen LogP contribution in [0, 0.1) is 0 Å². The molecule has 1 N–H and O–H groups in total. The van der Waals surface area contributed by atoms with Crippen LogP contribution in [0.25, 0.3) is 0 Å². The van der Waals surface area contributed by atoms with Crippen LogP contribution in [0.1, 0.15) is 67.8 Å². The third-order valence-electron chi connectivity index (χ3n) is 5.40. The van der Waals surface area contributed by atoms with Crippen molar-refractivity contribution in [1.29, 1.82) is 0 Å². The van der Waals surface area contributed by atoms with Crippen LogP contribution in [0.2, 0.25) is 0 Å². The van der Waals surface area contributed by atoms with Gasteiger partial charge in [0.1, 0.15) is 17.7 Å². The highest BCUT2D eigenvalue weighted by molar-refractivity contribution is 5.80. The molecule has 1 aliphatic rings. The van der Waals surface area contributed by atoms with Gasteiger partial charge in [0.25, 0.3) is 0 Å². The number of furan rings is 1. The zero-order valence-electron chi connectivity index (χ0n) is 16.7. The van der Waals surface area contributed by atoms with Crippen LogP contribution < -0.4 is 5.32 Å². The molecule has 0 saturated carbocycles. The van der Waals surface area contributed by atoms with Crippen molar-refractivity contribution in [1.82, 2.24) is 10.2 Å². The average Bonchev–Trinajstić information content (AvgIpc) is 3.27. The minimum atomic E-state index is -0.113. The van der Waals surface area contributed by atoms with Crippen LogP contribution in [0.5, 0.6) is 0 Å². The van der Waals surface area contributed by atoms with Crippen molar-refractivity contribution in [3.05, 3.63) is 59.0 Å². The number of hydrogen-bond donors (Lipinski definition) is 1. The number of carbonyl (C=O) groups is 1. The molecule has 1 saturated heterocycles. The summed E-state index contributed by atoms with van der Waals surface area (Å²) in [5, 5.41) is 2.94. The molecule has 4 nitrogen and oxygen atoms in total. The smallest absolute Gasteiger partial charge is 0.235 e. The molecule has 146 valence electrons. The molecule has 1 amide bonds. The van der Waals surface area contributed by atoms with Crippen molar-refractivity contribution in [2.45, 2.75) is 64.5 Å². The van der Waals surface area contributed by atoms with Gasteiger partial charge in [0.05, 0.1) is 6.54 Å². The number of aryl methyl sites for hydroxylation is 3. The van der Waals surface area contributed by atoms with Gasteiger partial charge in [-0.2, -0.15) is 0 Å². The van der Waals surface area contributed by atoms with Gasteiger partial charge in [0.15, 0.2) is 0 Å². The van der Waals surface area contributed by atoms with Crippen molar-refractivity contribution in [2.75, 3.05) is 13.6 Å². The summed E-state index contributed by atoms with van der Waals surface area (Å²) in [5.74, 6) is 1.92. The Morgan fingerprint density at radius 2 is 1.63 bits per heavy atom. The summed E-state index contributed by atoms with van der Waals surface area (Å²) in [4.78, 5) is 13.4. The highest BCUT2D eigenvalue weighted by Gasteiger charge is 2.29. The Morgan fingerprint density at radius 1 is 0.963 bits per heavy atom. The molecule has 0 spiro atoms. The summed E-state index contributed by atoms with van der Waals surface area (Å²) in [6, 6.07) is 13.1. The Kier molecular flexibility index (Phi) is 7.11. The van der Waals surface area contributed by atoms with Crippen LogP contribution >= 0.6 is 0 Å². The fourth-order valence-corrected chi connectivity index (χ4v) is 3.69. The predicted octanol–water partition coefficient (Wildman–Crippen LogP) is 4.64. The predicted molar refractivity (Wildman–Crippen MR) is 109 cm³/mol. The lowest BCUT2D eigenvalue weighted by Crippen LogP contribution is -2.23. The summed E-state index contributed by atoms with van der Waals surface area (Å²) in [7, 11) is 1.93.